The van der Waals surface area contributed by atoms with Crippen molar-refractivity contribution in [2.45, 2.75) is 53.4 Å². The van der Waals surface area contributed by atoms with Crippen LogP contribution in [0.4, 0.5) is 0 Å². The summed E-state index contributed by atoms with van der Waals surface area (Å²) in [5, 5.41) is 0.279. The van der Waals surface area contributed by atoms with E-state index < -0.39 is 7.60 Å². The zero-order chi connectivity index (χ0) is 13.9. The van der Waals surface area contributed by atoms with Gasteiger partial charge in [0, 0.05) is 0 Å². The van der Waals surface area contributed by atoms with Crippen LogP contribution in [0.5, 0.6) is 0 Å². The molecule has 4 heteroatoms. The molecule has 102 valence electrons. The molecule has 0 unspecified atom stereocenters. The molecule has 0 atom stereocenters. The third-order valence-electron chi connectivity index (χ3n) is 3.45. The van der Waals surface area contributed by atoms with Gasteiger partial charge in [-0.1, -0.05) is 33.8 Å². The SMILES string of the molecule is CCc1cc(CC)c(P(=O)(O)O)c(CC)c1CC. The zero-order valence-corrected chi connectivity index (χ0v) is 12.6. The highest BCUT2D eigenvalue weighted by Gasteiger charge is 2.27. The lowest BCUT2D eigenvalue weighted by atomic mass is 9.92. The molecule has 18 heavy (non-hydrogen) atoms. The quantitative estimate of drug-likeness (QED) is 0.809. The van der Waals surface area contributed by atoms with E-state index in [1.165, 1.54) is 5.56 Å². The second kappa shape index (κ2) is 6.01. The Hall–Kier alpha value is -0.630. The molecule has 1 aromatic rings. The van der Waals surface area contributed by atoms with Crippen LogP contribution in [0.15, 0.2) is 6.07 Å². The highest BCUT2D eigenvalue weighted by Crippen LogP contribution is 2.38. The van der Waals surface area contributed by atoms with Gasteiger partial charge >= 0.3 is 7.60 Å². The molecule has 1 rings (SSSR count). The van der Waals surface area contributed by atoms with Crippen molar-refractivity contribution in [3.05, 3.63) is 28.3 Å². The molecular weight excluding hydrogens is 247 g/mol. The summed E-state index contributed by atoms with van der Waals surface area (Å²) in [5.74, 6) is 0. The van der Waals surface area contributed by atoms with Crippen LogP contribution < -0.4 is 5.30 Å². The summed E-state index contributed by atoms with van der Waals surface area (Å²) in [6.07, 6.45) is 3.06. The minimum Gasteiger partial charge on any atom is -0.321 e. The van der Waals surface area contributed by atoms with Crippen molar-refractivity contribution in [3.63, 3.8) is 0 Å². The molecule has 2 N–H and O–H groups in total. The average molecular weight is 270 g/mol. The summed E-state index contributed by atoms with van der Waals surface area (Å²) in [5.41, 5.74) is 4.01. The maximum atomic E-state index is 11.8. The van der Waals surface area contributed by atoms with Crippen LogP contribution in [0.2, 0.25) is 0 Å². The van der Waals surface area contributed by atoms with Crippen molar-refractivity contribution in [2.75, 3.05) is 0 Å². The van der Waals surface area contributed by atoms with Gasteiger partial charge in [0.2, 0.25) is 0 Å². The van der Waals surface area contributed by atoms with Gasteiger partial charge in [-0.3, -0.25) is 4.57 Å². The largest absolute Gasteiger partial charge is 0.356 e. The Balaban J connectivity index is 3.72. The number of rotatable bonds is 5. The fourth-order valence-electron chi connectivity index (χ4n) is 2.67. The van der Waals surface area contributed by atoms with Crippen molar-refractivity contribution in [1.29, 1.82) is 0 Å². The third-order valence-corrected chi connectivity index (χ3v) is 4.59. The van der Waals surface area contributed by atoms with Gasteiger partial charge in [-0.05, 0) is 47.9 Å². The summed E-state index contributed by atoms with van der Waals surface area (Å²) >= 11 is 0. The van der Waals surface area contributed by atoms with Crippen LogP contribution in [-0.4, -0.2) is 9.79 Å². The fourth-order valence-corrected chi connectivity index (χ4v) is 3.91. The summed E-state index contributed by atoms with van der Waals surface area (Å²) in [6, 6.07) is 1.98. The van der Waals surface area contributed by atoms with E-state index in [0.29, 0.717) is 12.8 Å². The topological polar surface area (TPSA) is 57.5 Å². The lowest BCUT2D eigenvalue weighted by molar-refractivity contribution is 0.387. The van der Waals surface area contributed by atoms with Crippen LogP contribution in [0.3, 0.4) is 0 Å². The van der Waals surface area contributed by atoms with E-state index in [9.17, 15) is 14.4 Å². The first-order valence-electron chi connectivity index (χ1n) is 6.63. The summed E-state index contributed by atoms with van der Waals surface area (Å²) < 4.78 is 11.8. The van der Waals surface area contributed by atoms with Gasteiger partial charge in [-0.15, -0.1) is 0 Å². The molecule has 0 aliphatic heterocycles. The van der Waals surface area contributed by atoms with Gasteiger partial charge in [-0.2, -0.15) is 0 Å². The number of benzene rings is 1. The molecular formula is C14H23O3P. The lowest BCUT2D eigenvalue weighted by Crippen LogP contribution is -2.20. The predicted octanol–water partition coefficient (Wildman–Crippen LogP) is 2.74. The minimum absolute atomic E-state index is 0.279. The third kappa shape index (κ3) is 2.85. The molecule has 0 aromatic heterocycles. The van der Waals surface area contributed by atoms with Crippen molar-refractivity contribution in [3.8, 4) is 0 Å². The zero-order valence-electron chi connectivity index (χ0n) is 11.7. The smallest absolute Gasteiger partial charge is 0.321 e. The van der Waals surface area contributed by atoms with Crippen LogP contribution in [0, 0.1) is 0 Å². The second-order valence-electron chi connectivity index (χ2n) is 4.46. The van der Waals surface area contributed by atoms with Crippen LogP contribution in [-0.2, 0) is 30.2 Å². The monoisotopic (exact) mass is 270 g/mol. The van der Waals surface area contributed by atoms with E-state index in [0.717, 1.165) is 29.5 Å². The second-order valence-corrected chi connectivity index (χ2v) is 5.99. The number of hydrogen-bond acceptors (Lipinski definition) is 1. The van der Waals surface area contributed by atoms with Gasteiger partial charge in [0.1, 0.15) is 0 Å². The predicted molar refractivity (Wildman–Crippen MR) is 75.6 cm³/mol. The molecule has 0 spiro atoms. The van der Waals surface area contributed by atoms with Crippen molar-refractivity contribution < 1.29 is 14.4 Å². The maximum absolute atomic E-state index is 11.8. The molecule has 0 saturated heterocycles. The van der Waals surface area contributed by atoms with E-state index in [1.807, 2.05) is 26.8 Å². The Kier molecular flexibility index (Phi) is 5.15. The van der Waals surface area contributed by atoms with Gasteiger partial charge < -0.3 is 9.79 Å². The first kappa shape index (κ1) is 15.4. The molecule has 0 aliphatic carbocycles. The molecule has 0 fully saturated rings. The Morgan fingerprint density at radius 1 is 0.889 bits per heavy atom. The van der Waals surface area contributed by atoms with Crippen molar-refractivity contribution >= 4 is 12.9 Å². The first-order valence-corrected chi connectivity index (χ1v) is 8.24. The van der Waals surface area contributed by atoms with Crippen molar-refractivity contribution in [2.24, 2.45) is 0 Å². The summed E-state index contributed by atoms with van der Waals surface area (Å²) in [7, 11) is -4.20. The van der Waals surface area contributed by atoms with Crippen LogP contribution in [0.25, 0.3) is 0 Å². The molecule has 0 heterocycles. The Labute approximate surface area is 109 Å². The average Bonchev–Trinajstić information content (AvgIpc) is 2.34. The molecule has 0 bridgehead atoms. The van der Waals surface area contributed by atoms with E-state index in [1.54, 1.807) is 0 Å². The van der Waals surface area contributed by atoms with E-state index in [-0.39, 0.29) is 5.30 Å². The molecule has 0 saturated carbocycles. The van der Waals surface area contributed by atoms with Crippen molar-refractivity contribution in [1.82, 2.24) is 0 Å². The van der Waals surface area contributed by atoms with Crippen LogP contribution >= 0.6 is 7.60 Å². The van der Waals surface area contributed by atoms with E-state index in [2.05, 4.69) is 6.92 Å². The number of aryl methyl sites for hydroxylation is 2. The van der Waals surface area contributed by atoms with E-state index >= 15 is 0 Å². The molecule has 0 amide bonds. The standard InChI is InChI=1S/C14H23O3P/c1-5-10-9-11(6-2)14(18(15,16)17)13(8-4)12(10)7-3/h9H,5-8H2,1-4H3,(H2,15,16,17). The molecule has 0 aliphatic rings. The molecule has 0 radical (unpaired) electrons. The van der Waals surface area contributed by atoms with Gasteiger partial charge in [0.05, 0.1) is 5.30 Å². The maximum Gasteiger partial charge on any atom is 0.356 e. The Bertz CT molecular complexity index is 474. The Morgan fingerprint density at radius 2 is 1.39 bits per heavy atom. The minimum atomic E-state index is -4.20. The molecule has 3 nitrogen and oxygen atoms in total. The summed E-state index contributed by atoms with van der Waals surface area (Å²) in [6.45, 7) is 8.04. The van der Waals surface area contributed by atoms with Gasteiger partial charge in [0.15, 0.2) is 0 Å². The van der Waals surface area contributed by atoms with Gasteiger partial charge in [-0.25, -0.2) is 0 Å². The number of hydrogen-bond donors (Lipinski definition) is 2. The first-order chi connectivity index (χ1) is 8.40. The van der Waals surface area contributed by atoms with Gasteiger partial charge in [0.25, 0.3) is 0 Å². The van der Waals surface area contributed by atoms with Crippen LogP contribution in [0.1, 0.15) is 49.9 Å². The van der Waals surface area contributed by atoms with E-state index in [4.69, 9.17) is 0 Å². The molecule has 1 aromatic carbocycles. The lowest BCUT2D eigenvalue weighted by Gasteiger charge is -2.21. The fraction of sp³-hybridized carbons (Fsp3) is 0.571. The highest BCUT2D eigenvalue weighted by molar-refractivity contribution is 7.60. The summed E-state index contributed by atoms with van der Waals surface area (Å²) in [4.78, 5) is 19.2. The normalized spacial score (nSPS) is 11.9. The Morgan fingerprint density at radius 3 is 1.72 bits per heavy atom. The highest BCUT2D eigenvalue weighted by atomic mass is 31.2.